The fraction of sp³-hybridized carbons (Fsp3) is 0.438. The molecule has 0 radical (unpaired) electrons. The van der Waals surface area contributed by atoms with Gasteiger partial charge >= 0.3 is 0 Å². The molecule has 3 nitrogen and oxygen atoms in total. The van der Waals surface area contributed by atoms with Crippen molar-refractivity contribution < 1.29 is 4.74 Å². The second-order valence-corrected chi connectivity index (χ2v) is 6.20. The molecule has 4 heteroatoms. The van der Waals surface area contributed by atoms with Gasteiger partial charge < -0.3 is 9.30 Å². The molecule has 0 bridgehead atoms. The molecular formula is C16H20N2OS. The first kappa shape index (κ1) is 13.7. The number of thioether (sulfide) groups is 1. The summed E-state index contributed by atoms with van der Waals surface area (Å²) in [5, 5.41) is 1.10. The van der Waals surface area contributed by atoms with Gasteiger partial charge in [-0.2, -0.15) is 0 Å². The molecule has 106 valence electrons. The Hall–Kier alpha value is -1.26. The molecule has 1 aromatic carbocycles. The minimum atomic E-state index is 0.336. The van der Waals surface area contributed by atoms with Crippen LogP contribution in [-0.4, -0.2) is 28.0 Å². The highest BCUT2D eigenvalue weighted by molar-refractivity contribution is 7.99. The number of benzene rings is 1. The average molecular weight is 288 g/mol. The van der Waals surface area contributed by atoms with E-state index in [1.807, 2.05) is 12.3 Å². The summed E-state index contributed by atoms with van der Waals surface area (Å²) in [6, 6.07) is 10.5. The van der Waals surface area contributed by atoms with E-state index < -0.39 is 0 Å². The zero-order valence-corrected chi connectivity index (χ0v) is 12.6. The van der Waals surface area contributed by atoms with Crippen LogP contribution in [0.25, 0.3) is 11.3 Å². The number of aromatic nitrogens is 2. The molecule has 0 saturated carbocycles. The lowest BCUT2D eigenvalue weighted by Crippen LogP contribution is -2.16. The SMILES string of the molecule is CCSc1ncc(-c2ccccc2)n1CC1CCCO1. The molecule has 3 rings (SSSR count). The van der Waals surface area contributed by atoms with Crippen LogP contribution in [0, 0.1) is 0 Å². The monoisotopic (exact) mass is 288 g/mol. The van der Waals surface area contributed by atoms with E-state index in [1.54, 1.807) is 11.8 Å². The van der Waals surface area contributed by atoms with E-state index in [0.717, 1.165) is 30.5 Å². The van der Waals surface area contributed by atoms with Crippen molar-refractivity contribution in [2.75, 3.05) is 12.4 Å². The van der Waals surface area contributed by atoms with Crippen LogP contribution in [0.4, 0.5) is 0 Å². The maximum absolute atomic E-state index is 5.79. The number of hydrogen-bond acceptors (Lipinski definition) is 3. The molecule has 1 aromatic heterocycles. The van der Waals surface area contributed by atoms with Crippen LogP contribution >= 0.6 is 11.8 Å². The third kappa shape index (κ3) is 2.91. The van der Waals surface area contributed by atoms with Gasteiger partial charge in [0.25, 0.3) is 0 Å². The van der Waals surface area contributed by atoms with Gasteiger partial charge in [0.1, 0.15) is 0 Å². The maximum Gasteiger partial charge on any atom is 0.168 e. The maximum atomic E-state index is 5.79. The smallest absolute Gasteiger partial charge is 0.168 e. The molecule has 1 aliphatic heterocycles. The van der Waals surface area contributed by atoms with E-state index in [4.69, 9.17) is 4.74 Å². The van der Waals surface area contributed by atoms with Crippen molar-refractivity contribution in [2.45, 2.75) is 37.6 Å². The van der Waals surface area contributed by atoms with Gasteiger partial charge in [0.15, 0.2) is 5.16 Å². The van der Waals surface area contributed by atoms with Gasteiger partial charge in [0.05, 0.1) is 24.5 Å². The first-order valence-corrected chi connectivity index (χ1v) is 8.22. The van der Waals surface area contributed by atoms with Gasteiger partial charge in [0, 0.05) is 6.61 Å². The van der Waals surface area contributed by atoms with Crippen molar-refractivity contribution >= 4 is 11.8 Å². The molecule has 2 heterocycles. The fourth-order valence-corrected chi connectivity index (χ4v) is 3.32. The van der Waals surface area contributed by atoms with Crippen molar-refractivity contribution in [3.63, 3.8) is 0 Å². The Kier molecular flexibility index (Phi) is 4.43. The van der Waals surface area contributed by atoms with Gasteiger partial charge in [-0.3, -0.25) is 0 Å². The molecule has 1 saturated heterocycles. The molecular weight excluding hydrogens is 268 g/mol. The van der Waals surface area contributed by atoms with Crippen molar-refractivity contribution in [1.29, 1.82) is 0 Å². The Bertz CT molecular complexity index is 547. The van der Waals surface area contributed by atoms with Crippen molar-refractivity contribution in [2.24, 2.45) is 0 Å². The molecule has 1 unspecified atom stereocenters. The second-order valence-electron chi connectivity index (χ2n) is 4.97. The van der Waals surface area contributed by atoms with E-state index >= 15 is 0 Å². The Balaban J connectivity index is 1.92. The van der Waals surface area contributed by atoms with Gasteiger partial charge in [0.2, 0.25) is 0 Å². The number of hydrogen-bond donors (Lipinski definition) is 0. The summed E-state index contributed by atoms with van der Waals surface area (Å²) in [5.41, 5.74) is 2.41. The predicted molar refractivity (Wildman–Crippen MR) is 83.0 cm³/mol. The molecule has 20 heavy (non-hydrogen) atoms. The summed E-state index contributed by atoms with van der Waals surface area (Å²) in [6.45, 7) is 3.97. The van der Waals surface area contributed by atoms with Crippen molar-refractivity contribution in [3.8, 4) is 11.3 Å². The quantitative estimate of drug-likeness (QED) is 0.782. The third-order valence-electron chi connectivity index (χ3n) is 3.57. The molecule has 2 aromatic rings. The molecule has 0 N–H and O–H groups in total. The third-order valence-corrected chi connectivity index (χ3v) is 4.44. The Morgan fingerprint density at radius 3 is 2.90 bits per heavy atom. The summed E-state index contributed by atoms with van der Waals surface area (Å²) in [7, 11) is 0. The second kappa shape index (κ2) is 6.46. The molecule has 1 aliphatic rings. The van der Waals surface area contributed by atoms with E-state index in [2.05, 4.69) is 40.7 Å². The van der Waals surface area contributed by atoms with E-state index in [0.29, 0.717) is 6.10 Å². The summed E-state index contributed by atoms with van der Waals surface area (Å²) in [5.74, 6) is 1.04. The summed E-state index contributed by atoms with van der Waals surface area (Å²) in [6.07, 6.45) is 4.66. The fourth-order valence-electron chi connectivity index (χ4n) is 2.61. The van der Waals surface area contributed by atoms with Crippen molar-refractivity contribution in [3.05, 3.63) is 36.5 Å². The summed E-state index contributed by atoms with van der Waals surface area (Å²) in [4.78, 5) is 4.59. The van der Waals surface area contributed by atoms with Crippen LogP contribution in [0.1, 0.15) is 19.8 Å². The Morgan fingerprint density at radius 2 is 2.20 bits per heavy atom. The average Bonchev–Trinajstić information content (AvgIpc) is 3.12. The number of rotatable bonds is 5. The van der Waals surface area contributed by atoms with Gasteiger partial charge in [-0.15, -0.1) is 0 Å². The molecule has 0 amide bonds. The normalized spacial score (nSPS) is 18.6. The number of nitrogens with zero attached hydrogens (tertiary/aromatic N) is 2. The number of ether oxygens (including phenoxy) is 1. The van der Waals surface area contributed by atoms with Crippen molar-refractivity contribution in [1.82, 2.24) is 9.55 Å². The lowest BCUT2D eigenvalue weighted by atomic mass is 10.1. The Morgan fingerprint density at radius 1 is 1.35 bits per heavy atom. The van der Waals surface area contributed by atoms with Gasteiger partial charge in [-0.1, -0.05) is 49.0 Å². The summed E-state index contributed by atoms with van der Waals surface area (Å²) < 4.78 is 8.11. The van der Waals surface area contributed by atoms with E-state index in [9.17, 15) is 0 Å². The number of imidazole rings is 1. The van der Waals surface area contributed by atoms with E-state index in [-0.39, 0.29) is 0 Å². The van der Waals surface area contributed by atoms with Crippen LogP contribution in [0.15, 0.2) is 41.7 Å². The zero-order chi connectivity index (χ0) is 13.8. The van der Waals surface area contributed by atoms with Crippen LogP contribution in [-0.2, 0) is 11.3 Å². The standard InChI is InChI=1S/C16H20N2OS/c1-2-20-16-17-11-15(13-7-4-3-5-8-13)18(16)12-14-9-6-10-19-14/h3-5,7-8,11,14H,2,6,9-10,12H2,1H3. The molecule has 0 aliphatic carbocycles. The molecule has 0 spiro atoms. The highest BCUT2D eigenvalue weighted by atomic mass is 32.2. The van der Waals surface area contributed by atoms with Crippen LogP contribution in [0.3, 0.4) is 0 Å². The zero-order valence-electron chi connectivity index (χ0n) is 11.8. The first-order chi connectivity index (χ1) is 9.88. The largest absolute Gasteiger partial charge is 0.376 e. The Labute approximate surface area is 124 Å². The van der Waals surface area contributed by atoms with Crippen LogP contribution in [0.5, 0.6) is 0 Å². The predicted octanol–water partition coefficient (Wildman–Crippen LogP) is 3.84. The highest BCUT2D eigenvalue weighted by Crippen LogP contribution is 2.28. The van der Waals surface area contributed by atoms with Gasteiger partial charge in [-0.25, -0.2) is 4.98 Å². The summed E-state index contributed by atoms with van der Waals surface area (Å²) >= 11 is 1.80. The lowest BCUT2D eigenvalue weighted by molar-refractivity contribution is 0.0954. The van der Waals surface area contributed by atoms with Crippen LogP contribution < -0.4 is 0 Å². The minimum Gasteiger partial charge on any atom is -0.376 e. The first-order valence-electron chi connectivity index (χ1n) is 7.24. The topological polar surface area (TPSA) is 27.1 Å². The van der Waals surface area contributed by atoms with Gasteiger partial charge in [-0.05, 0) is 24.2 Å². The lowest BCUT2D eigenvalue weighted by Gasteiger charge is -2.15. The highest BCUT2D eigenvalue weighted by Gasteiger charge is 2.20. The molecule has 1 atom stereocenters. The van der Waals surface area contributed by atoms with Crippen LogP contribution in [0.2, 0.25) is 0 Å². The minimum absolute atomic E-state index is 0.336. The van der Waals surface area contributed by atoms with E-state index in [1.165, 1.54) is 17.7 Å². The molecule has 1 fully saturated rings.